The summed E-state index contributed by atoms with van der Waals surface area (Å²) in [6.07, 6.45) is -7.07. The molecule has 0 saturated carbocycles. The molecule has 0 aromatic heterocycles. The summed E-state index contributed by atoms with van der Waals surface area (Å²) in [6.45, 7) is 2.55. The molecule has 0 spiro atoms. The van der Waals surface area contributed by atoms with Crippen LogP contribution in [0.1, 0.15) is 13.3 Å². The van der Waals surface area contributed by atoms with E-state index in [1.165, 1.54) is 0 Å². The third-order valence-electron chi connectivity index (χ3n) is 1.35. The van der Waals surface area contributed by atoms with E-state index in [9.17, 15) is 13.2 Å². The Labute approximate surface area is 80.8 Å². The highest BCUT2D eigenvalue weighted by Crippen LogP contribution is 2.21. The summed E-state index contributed by atoms with van der Waals surface area (Å²) >= 11 is 0. The first-order chi connectivity index (χ1) is 6.45. The molecule has 1 unspecified atom stereocenters. The topological polar surface area (TPSA) is 38.7 Å². The molecule has 0 fully saturated rings. The highest BCUT2D eigenvalue weighted by molar-refractivity contribution is 4.60. The number of hydrogen-bond acceptors (Lipinski definition) is 3. The summed E-state index contributed by atoms with van der Waals surface area (Å²) in [5, 5.41) is 8.86. The predicted octanol–water partition coefficient (Wildman–Crippen LogP) is 1.35. The van der Waals surface area contributed by atoms with E-state index < -0.39 is 18.7 Å². The molecule has 0 aromatic rings. The minimum absolute atomic E-state index is 0.197. The van der Waals surface area contributed by atoms with Crippen molar-refractivity contribution < 1.29 is 27.8 Å². The Morgan fingerprint density at radius 2 is 1.79 bits per heavy atom. The third-order valence-corrected chi connectivity index (χ3v) is 1.35. The fourth-order valence-corrected chi connectivity index (χ4v) is 0.808. The zero-order chi connectivity index (χ0) is 11.0. The van der Waals surface area contributed by atoms with Gasteiger partial charge < -0.3 is 14.6 Å². The van der Waals surface area contributed by atoms with Crippen molar-refractivity contribution >= 4 is 0 Å². The highest BCUT2D eigenvalue weighted by Gasteiger charge is 2.30. The molecule has 1 atom stereocenters. The molecule has 14 heavy (non-hydrogen) atoms. The second-order valence-electron chi connectivity index (χ2n) is 2.74. The van der Waals surface area contributed by atoms with Crippen LogP contribution in [0.15, 0.2) is 0 Å². The Kier molecular flexibility index (Phi) is 6.86. The van der Waals surface area contributed by atoms with E-state index in [0.29, 0.717) is 13.2 Å². The normalized spacial score (nSPS) is 14.4. The molecule has 0 aliphatic rings. The van der Waals surface area contributed by atoms with Crippen molar-refractivity contribution in [3.8, 4) is 0 Å². The first kappa shape index (κ1) is 13.7. The van der Waals surface area contributed by atoms with Crippen LogP contribution < -0.4 is 0 Å². The lowest BCUT2D eigenvalue weighted by Crippen LogP contribution is -2.24. The van der Waals surface area contributed by atoms with Crippen LogP contribution >= 0.6 is 0 Å². The molecule has 1 N–H and O–H groups in total. The Morgan fingerprint density at radius 1 is 1.21 bits per heavy atom. The van der Waals surface area contributed by atoms with Gasteiger partial charge in [-0.15, -0.1) is 0 Å². The van der Waals surface area contributed by atoms with Gasteiger partial charge in [-0.25, -0.2) is 0 Å². The zero-order valence-corrected chi connectivity index (χ0v) is 8.01. The molecule has 0 aliphatic carbocycles. The number of ether oxygens (including phenoxy) is 2. The monoisotopic (exact) mass is 216 g/mol. The molecule has 0 amide bonds. The van der Waals surface area contributed by atoms with Crippen molar-refractivity contribution in [1.29, 1.82) is 0 Å². The van der Waals surface area contributed by atoms with Crippen LogP contribution in [0, 0.1) is 0 Å². The van der Waals surface area contributed by atoms with Crippen LogP contribution in [0.5, 0.6) is 0 Å². The second kappa shape index (κ2) is 7.03. The number of hydrogen-bond donors (Lipinski definition) is 1. The highest BCUT2D eigenvalue weighted by atomic mass is 19.4. The Morgan fingerprint density at radius 3 is 2.29 bits per heavy atom. The van der Waals surface area contributed by atoms with Crippen LogP contribution in [0.25, 0.3) is 0 Å². The van der Waals surface area contributed by atoms with Gasteiger partial charge in [-0.3, -0.25) is 0 Å². The molecule has 6 heteroatoms. The summed E-state index contributed by atoms with van der Waals surface area (Å²) in [7, 11) is 0. The average Bonchev–Trinajstić information content (AvgIpc) is 2.00. The van der Waals surface area contributed by atoms with Gasteiger partial charge in [-0.2, -0.15) is 13.2 Å². The summed E-state index contributed by atoms with van der Waals surface area (Å²) in [4.78, 5) is 0. The number of rotatable bonds is 7. The fraction of sp³-hybridized carbons (Fsp3) is 1.00. The summed E-state index contributed by atoms with van der Waals surface area (Å²) in [5.41, 5.74) is 0. The molecule has 0 saturated heterocycles. The van der Waals surface area contributed by atoms with Crippen molar-refractivity contribution in [2.45, 2.75) is 25.6 Å². The predicted molar refractivity (Wildman–Crippen MR) is 44.0 cm³/mol. The molecular weight excluding hydrogens is 201 g/mol. The maximum atomic E-state index is 11.7. The summed E-state index contributed by atoms with van der Waals surface area (Å²) < 4.78 is 44.7. The van der Waals surface area contributed by atoms with Crippen molar-refractivity contribution in [2.24, 2.45) is 0 Å². The van der Waals surface area contributed by atoms with Gasteiger partial charge in [-0.05, 0) is 6.92 Å². The van der Waals surface area contributed by atoms with Gasteiger partial charge in [0, 0.05) is 6.61 Å². The molecule has 0 aliphatic heterocycles. The minimum Gasteiger partial charge on any atom is -0.390 e. The third kappa shape index (κ3) is 9.76. The maximum absolute atomic E-state index is 11.7. The average molecular weight is 216 g/mol. The van der Waals surface area contributed by atoms with Gasteiger partial charge in [0.05, 0.1) is 32.3 Å². The van der Waals surface area contributed by atoms with Gasteiger partial charge in [0.1, 0.15) is 0 Å². The smallest absolute Gasteiger partial charge is 0.390 e. The largest absolute Gasteiger partial charge is 0.391 e. The standard InChI is InChI=1S/C8H15F3O3/c1-2-13-3-4-14-6-7(12)5-8(9,10)11/h7,12H,2-6H2,1H3. The minimum atomic E-state index is -4.34. The van der Waals surface area contributed by atoms with Crippen LogP contribution in [0.4, 0.5) is 13.2 Å². The first-order valence-electron chi connectivity index (χ1n) is 4.36. The van der Waals surface area contributed by atoms with E-state index in [0.717, 1.165) is 0 Å². The lowest BCUT2D eigenvalue weighted by molar-refractivity contribution is -0.160. The van der Waals surface area contributed by atoms with Gasteiger partial charge in [-0.1, -0.05) is 0 Å². The fourth-order valence-electron chi connectivity index (χ4n) is 0.808. The number of halogens is 3. The van der Waals surface area contributed by atoms with Crippen molar-refractivity contribution in [2.75, 3.05) is 26.4 Å². The van der Waals surface area contributed by atoms with Gasteiger partial charge in [0.25, 0.3) is 0 Å². The Bertz CT molecular complexity index is 138. The molecule has 0 bridgehead atoms. The SMILES string of the molecule is CCOCCOCC(O)CC(F)(F)F. The number of aliphatic hydroxyl groups is 1. The van der Waals surface area contributed by atoms with Crippen LogP contribution in [0.2, 0.25) is 0 Å². The van der Waals surface area contributed by atoms with E-state index in [2.05, 4.69) is 0 Å². The first-order valence-corrected chi connectivity index (χ1v) is 4.36. The van der Waals surface area contributed by atoms with Crippen molar-refractivity contribution in [3.63, 3.8) is 0 Å². The van der Waals surface area contributed by atoms with Gasteiger partial charge in [0.2, 0.25) is 0 Å². The van der Waals surface area contributed by atoms with E-state index in [1.54, 1.807) is 6.92 Å². The maximum Gasteiger partial charge on any atom is 0.391 e. The molecule has 0 aromatic carbocycles. The lowest BCUT2D eigenvalue weighted by atomic mass is 10.2. The van der Waals surface area contributed by atoms with E-state index in [1.807, 2.05) is 0 Å². The van der Waals surface area contributed by atoms with Crippen LogP contribution in [0.3, 0.4) is 0 Å². The van der Waals surface area contributed by atoms with Crippen LogP contribution in [-0.2, 0) is 9.47 Å². The van der Waals surface area contributed by atoms with E-state index in [4.69, 9.17) is 14.6 Å². The van der Waals surface area contributed by atoms with Crippen molar-refractivity contribution in [3.05, 3.63) is 0 Å². The Balaban J connectivity index is 3.31. The lowest BCUT2D eigenvalue weighted by Gasteiger charge is -2.13. The van der Waals surface area contributed by atoms with E-state index >= 15 is 0 Å². The van der Waals surface area contributed by atoms with Crippen molar-refractivity contribution in [1.82, 2.24) is 0 Å². The number of alkyl halides is 3. The summed E-state index contributed by atoms with van der Waals surface area (Å²) in [6, 6.07) is 0. The quantitative estimate of drug-likeness (QED) is 0.653. The second-order valence-corrected chi connectivity index (χ2v) is 2.74. The van der Waals surface area contributed by atoms with Gasteiger partial charge >= 0.3 is 6.18 Å². The number of aliphatic hydroxyl groups excluding tert-OH is 1. The summed E-state index contributed by atoms with van der Waals surface area (Å²) in [5.74, 6) is 0. The molecule has 0 rings (SSSR count). The molecule has 3 nitrogen and oxygen atoms in total. The van der Waals surface area contributed by atoms with Gasteiger partial charge in [0.15, 0.2) is 0 Å². The van der Waals surface area contributed by atoms with E-state index in [-0.39, 0.29) is 13.2 Å². The Hall–Kier alpha value is -0.330. The molecule has 0 heterocycles. The molecule has 86 valence electrons. The van der Waals surface area contributed by atoms with Crippen LogP contribution in [-0.4, -0.2) is 43.8 Å². The molecule has 0 radical (unpaired) electrons. The zero-order valence-electron chi connectivity index (χ0n) is 8.01. The molecular formula is C8H15F3O3.